The fraction of sp³-hybridized carbons (Fsp3) is 0.263. The summed E-state index contributed by atoms with van der Waals surface area (Å²) in [6.07, 6.45) is 0. The van der Waals surface area contributed by atoms with Crippen LogP contribution in [0.25, 0.3) is 11.1 Å². The lowest BCUT2D eigenvalue weighted by Crippen LogP contribution is -2.40. The predicted octanol–water partition coefficient (Wildman–Crippen LogP) is 3.67. The van der Waals surface area contributed by atoms with Crippen molar-refractivity contribution in [3.8, 4) is 5.75 Å². The Morgan fingerprint density at radius 1 is 1.31 bits per heavy atom. The third-order valence-corrected chi connectivity index (χ3v) is 4.71. The number of nitrogens with zero attached hydrogens (tertiary/aromatic N) is 1. The monoisotopic (exact) mass is 441 g/mol. The summed E-state index contributed by atoms with van der Waals surface area (Å²) in [6.45, 7) is 1.76. The van der Waals surface area contributed by atoms with Gasteiger partial charge < -0.3 is 19.8 Å². The molecule has 0 spiro atoms. The van der Waals surface area contributed by atoms with Crippen LogP contribution in [0.3, 0.4) is 0 Å². The molecule has 2 N–H and O–H groups in total. The number of benzene rings is 2. The van der Waals surface area contributed by atoms with E-state index in [1.54, 1.807) is 19.1 Å². The number of carbonyl (C=O) groups excluding carboxylic acids is 1. The zero-order valence-electron chi connectivity index (χ0n) is 15.6. The maximum Gasteiger partial charge on any atom is 0.420 e. The summed E-state index contributed by atoms with van der Waals surface area (Å²) in [4.78, 5) is 24.3. The summed E-state index contributed by atoms with van der Waals surface area (Å²) in [7, 11) is 1.43. The molecule has 0 radical (unpaired) electrons. The SMILES string of the molecule is COc1cc(NC[C@H](C)NC(=O)Cn2c(=O)oc3cc(Cl)ccc32)c(F)cc1Cl. The average Bonchev–Trinajstić information content (AvgIpc) is 2.95. The first kappa shape index (κ1) is 21.0. The molecule has 2 aromatic carbocycles. The molecule has 0 bridgehead atoms. The minimum atomic E-state index is -0.654. The second kappa shape index (κ2) is 8.75. The van der Waals surface area contributed by atoms with E-state index in [1.165, 1.54) is 23.8 Å². The lowest BCUT2D eigenvalue weighted by Gasteiger charge is -2.17. The summed E-state index contributed by atoms with van der Waals surface area (Å²) < 4.78 is 25.4. The van der Waals surface area contributed by atoms with E-state index in [2.05, 4.69) is 10.6 Å². The van der Waals surface area contributed by atoms with Gasteiger partial charge in [-0.1, -0.05) is 23.2 Å². The number of anilines is 1. The van der Waals surface area contributed by atoms with Crippen LogP contribution in [-0.4, -0.2) is 30.2 Å². The van der Waals surface area contributed by atoms with Crippen molar-refractivity contribution in [3.05, 3.63) is 56.7 Å². The van der Waals surface area contributed by atoms with Gasteiger partial charge in [0.25, 0.3) is 0 Å². The Kier molecular flexibility index (Phi) is 6.34. The van der Waals surface area contributed by atoms with Crippen LogP contribution in [0.15, 0.2) is 39.5 Å². The van der Waals surface area contributed by atoms with Crippen molar-refractivity contribution in [2.45, 2.75) is 19.5 Å². The van der Waals surface area contributed by atoms with Gasteiger partial charge >= 0.3 is 5.76 Å². The van der Waals surface area contributed by atoms with E-state index in [-0.39, 0.29) is 29.8 Å². The third-order valence-electron chi connectivity index (χ3n) is 4.18. The fourth-order valence-corrected chi connectivity index (χ4v) is 3.18. The molecule has 0 fully saturated rings. The Hall–Kier alpha value is -2.71. The van der Waals surface area contributed by atoms with E-state index < -0.39 is 17.5 Å². The molecule has 7 nitrogen and oxygen atoms in total. The van der Waals surface area contributed by atoms with Gasteiger partial charge in [0.05, 0.1) is 23.3 Å². The first-order valence-electron chi connectivity index (χ1n) is 8.63. The molecular formula is C19H18Cl2FN3O4. The highest BCUT2D eigenvalue weighted by Gasteiger charge is 2.15. The molecule has 0 saturated heterocycles. The third kappa shape index (κ3) is 4.83. The van der Waals surface area contributed by atoms with Crippen LogP contribution < -0.4 is 21.1 Å². The van der Waals surface area contributed by atoms with Crippen LogP contribution in [0.4, 0.5) is 10.1 Å². The zero-order chi connectivity index (χ0) is 21.1. The van der Waals surface area contributed by atoms with Gasteiger partial charge in [-0.05, 0) is 25.1 Å². The largest absolute Gasteiger partial charge is 0.495 e. The van der Waals surface area contributed by atoms with Gasteiger partial charge in [-0.25, -0.2) is 9.18 Å². The van der Waals surface area contributed by atoms with Crippen molar-refractivity contribution in [2.24, 2.45) is 0 Å². The maximum absolute atomic E-state index is 14.0. The highest BCUT2D eigenvalue weighted by Crippen LogP contribution is 2.30. The highest BCUT2D eigenvalue weighted by atomic mass is 35.5. The molecule has 1 amide bonds. The van der Waals surface area contributed by atoms with Crippen molar-refractivity contribution in [1.29, 1.82) is 0 Å². The van der Waals surface area contributed by atoms with E-state index in [9.17, 15) is 14.0 Å². The fourth-order valence-electron chi connectivity index (χ4n) is 2.79. The lowest BCUT2D eigenvalue weighted by atomic mass is 10.2. The van der Waals surface area contributed by atoms with Crippen molar-refractivity contribution in [1.82, 2.24) is 9.88 Å². The van der Waals surface area contributed by atoms with Crippen LogP contribution in [0.1, 0.15) is 6.92 Å². The number of methoxy groups -OCH3 is 1. The first-order valence-corrected chi connectivity index (χ1v) is 9.39. The van der Waals surface area contributed by atoms with Gasteiger partial charge in [0.2, 0.25) is 5.91 Å². The van der Waals surface area contributed by atoms with Crippen molar-refractivity contribution >= 4 is 45.9 Å². The van der Waals surface area contributed by atoms with E-state index in [1.807, 2.05) is 0 Å². The molecule has 10 heteroatoms. The smallest absolute Gasteiger partial charge is 0.420 e. The molecule has 3 rings (SSSR count). The summed E-state index contributed by atoms with van der Waals surface area (Å²) in [6, 6.07) is 6.95. The molecule has 1 aromatic heterocycles. The van der Waals surface area contributed by atoms with Crippen LogP contribution in [0.5, 0.6) is 5.75 Å². The van der Waals surface area contributed by atoms with Gasteiger partial charge in [-0.3, -0.25) is 9.36 Å². The molecule has 0 aliphatic carbocycles. The van der Waals surface area contributed by atoms with Crippen molar-refractivity contribution in [3.63, 3.8) is 0 Å². The lowest BCUT2D eigenvalue weighted by molar-refractivity contribution is -0.122. The second-order valence-corrected chi connectivity index (χ2v) is 7.23. The Labute approximate surface area is 175 Å². The van der Waals surface area contributed by atoms with Gasteiger partial charge in [0.1, 0.15) is 18.1 Å². The number of ether oxygens (including phenoxy) is 1. The summed E-state index contributed by atoms with van der Waals surface area (Å²) in [5.74, 6) is -1.25. The summed E-state index contributed by atoms with van der Waals surface area (Å²) in [5.41, 5.74) is 0.967. The molecule has 0 unspecified atom stereocenters. The van der Waals surface area contributed by atoms with Gasteiger partial charge in [-0.15, -0.1) is 0 Å². The average molecular weight is 442 g/mol. The van der Waals surface area contributed by atoms with E-state index >= 15 is 0 Å². The summed E-state index contributed by atoms with van der Waals surface area (Å²) in [5, 5.41) is 6.23. The van der Waals surface area contributed by atoms with Crippen LogP contribution >= 0.6 is 23.2 Å². The number of fused-ring (bicyclic) bond motifs is 1. The quantitative estimate of drug-likeness (QED) is 0.584. The number of halogens is 3. The van der Waals surface area contributed by atoms with Crippen molar-refractivity contribution < 1.29 is 18.3 Å². The molecule has 29 heavy (non-hydrogen) atoms. The minimum Gasteiger partial charge on any atom is -0.495 e. The van der Waals surface area contributed by atoms with E-state index in [0.29, 0.717) is 21.9 Å². The number of rotatable bonds is 7. The Morgan fingerprint density at radius 2 is 2.07 bits per heavy atom. The molecule has 0 aliphatic rings. The molecular weight excluding hydrogens is 424 g/mol. The zero-order valence-corrected chi connectivity index (χ0v) is 17.1. The number of oxazole rings is 1. The molecule has 154 valence electrons. The molecule has 0 aliphatic heterocycles. The highest BCUT2D eigenvalue weighted by molar-refractivity contribution is 6.32. The number of aromatic nitrogens is 1. The normalized spacial score (nSPS) is 12.0. The Bertz CT molecular complexity index is 1110. The number of carbonyl (C=O) groups is 1. The molecule has 1 heterocycles. The molecule has 1 atom stereocenters. The van der Waals surface area contributed by atoms with Gasteiger partial charge in [0.15, 0.2) is 5.58 Å². The number of hydrogen-bond acceptors (Lipinski definition) is 5. The minimum absolute atomic E-state index is 0.163. The van der Waals surface area contributed by atoms with Crippen LogP contribution in [0.2, 0.25) is 10.0 Å². The number of amides is 1. The van der Waals surface area contributed by atoms with Crippen LogP contribution in [-0.2, 0) is 11.3 Å². The van der Waals surface area contributed by atoms with Crippen LogP contribution in [0, 0.1) is 5.82 Å². The van der Waals surface area contributed by atoms with E-state index in [0.717, 1.165) is 6.07 Å². The van der Waals surface area contributed by atoms with E-state index in [4.69, 9.17) is 32.4 Å². The van der Waals surface area contributed by atoms with Crippen molar-refractivity contribution in [2.75, 3.05) is 19.0 Å². The Balaban J connectivity index is 1.62. The molecule has 3 aromatic rings. The predicted molar refractivity (Wildman–Crippen MR) is 110 cm³/mol. The van der Waals surface area contributed by atoms with Gasteiger partial charge in [0, 0.05) is 29.7 Å². The topological polar surface area (TPSA) is 85.5 Å². The second-order valence-electron chi connectivity index (χ2n) is 6.38. The van der Waals surface area contributed by atoms with Gasteiger partial charge in [-0.2, -0.15) is 0 Å². The first-order chi connectivity index (χ1) is 13.8. The summed E-state index contributed by atoms with van der Waals surface area (Å²) >= 11 is 11.8. The number of hydrogen-bond donors (Lipinski definition) is 2. The maximum atomic E-state index is 14.0. The molecule has 0 saturated carbocycles. The standard InChI is InChI=1S/C19H18Cl2FN3O4/c1-10(8-23-14-7-16(28-2)12(21)6-13(14)22)24-18(26)9-25-15-4-3-11(20)5-17(15)29-19(25)27/h3-7,10,23H,8-9H2,1-2H3,(H,24,26)/t10-/m0/s1. The Morgan fingerprint density at radius 3 is 2.79 bits per heavy atom. The number of nitrogens with one attached hydrogen (secondary N) is 2.